The van der Waals surface area contributed by atoms with Gasteiger partial charge in [0, 0.05) is 29.2 Å². The van der Waals surface area contributed by atoms with Crippen LogP contribution in [0.2, 0.25) is 0 Å². The van der Waals surface area contributed by atoms with Crippen LogP contribution in [0.25, 0.3) is 10.9 Å². The summed E-state index contributed by atoms with van der Waals surface area (Å²) in [6.07, 6.45) is 3.53. The predicted molar refractivity (Wildman–Crippen MR) is 106 cm³/mol. The van der Waals surface area contributed by atoms with E-state index in [1.165, 1.54) is 16.5 Å². The lowest BCUT2D eigenvalue weighted by molar-refractivity contribution is -0.134. The van der Waals surface area contributed by atoms with Crippen LogP contribution in [-0.2, 0) is 11.2 Å². The zero-order valence-corrected chi connectivity index (χ0v) is 16.6. The number of aromatic nitrogens is 2. The van der Waals surface area contributed by atoms with E-state index in [9.17, 15) is 4.79 Å². The lowest BCUT2D eigenvalue weighted by Gasteiger charge is -2.34. The Morgan fingerprint density at radius 3 is 2.74 bits per heavy atom. The molecule has 0 aliphatic carbocycles. The average Bonchev–Trinajstić information content (AvgIpc) is 3.23. The molecule has 1 aliphatic rings. The van der Waals surface area contributed by atoms with Gasteiger partial charge in [-0.05, 0) is 63.6 Å². The number of aryl methyl sites for hydroxylation is 4. The molecule has 1 fully saturated rings. The summed E-state index contributed by atoms with van der Waals surface area (Å²) in [5.74, 6) is 0.965. The molecule has 1 aliphatic heterocycles. The van der Waals surface area contributed by atoms with Gasteiger partial charge in [-0.15, -0.1) is 0 Å². The van der Waals surface area contributed by atoms with Gasteiger partial charge in [0.25, 0.3) is 0 Å². The Kier molecular flexibility index (Phi) is 4.54. The third-order valence-corrected chi connectivity index (χ3v) is 5.83. The van der Waals surface area contributed by atoms with Crippen molar-refractivity contribution < 1.29 is 9.32 Å². The zero-order valence-electron chi connectivity index (χ0n) is 16.6. The summed E-state index contributed by atoms with van der Waals surface area (Å²) in [6.45, 7) is 8.97. The van der Waals surface area contributed by atoms with Crippen molar-refractivity contribution in [1.29, 1.82) is 0 Å². The van der Waals surface area contributed by atoms with Crippen LogP contribution in [0.1, 0.15) is 59.1 Å². The first-order valence-electron chi connectivity index (χ1n) is 9.75. The lowest BCUT2D eigenvalue weighted by atomic mass is 9.96. The Hall–Kier alpha value is -2.56. The van der Waals surface area contributed by atoms with Crippen LogP contribution < -0.4 is 0 Å². The molecule has 5 nitrogen and oxygen atoms in total. The van der Waals surface area contributed by atoms with E-state index in [0.717, 1.165) is 54.0 Å². The number of carbonyl (C=O) groups is 1. The third-order valence-electron chi connectivity index (χ3n) is 5.83. The highest BCUT2D eigenvalue weighted by Crippen LogP contribution is 2.33. The second-order valence-corrected chi connectivity index (χ2v) is 7.82. The van der Waals surface area contributed by atoms with Crippen molar-refractivity contribution in [2.24, 2.45) is 0 Å². The van der Waals surface area contributed by atoms with Crippen molar-refractivity contribution in [3.8, 4) is 0 Å². The van der Waals surface area contributed by atoms with Gasteiger partial charge in [-0.2, -0.15) is 0 Å². The second-order valence-electron chi connectivity index (χ2n) is 7.82. The highest BCUT2D eigenvalue weighted by atomic mass is 16.5. The molecule has 1 N–H and O–H groups in total. The van der Waals surface area contributed by atoms with Crippen LogP contribution in [0.15, 0.2) is 22.7 Å². The molecule has 3 aromatic rings. The average molecular weight is 365 g/mol. The number of H-pyrrole nitrogens is 1. The van der Waals surface area contributed by atoms with E-state index in [0.29, 0.717) is 6.42 Å². The van der Waals surface area contributed by atoms with Crippen molar-refractivity contribution in [2.75, 3.05) is 6.54 Å². The van der Waals surface area contributed by atoms with Gasteiger partial charge in [-0.1, -0.05) is 17.3 Å². The highest BCUT2D eigenvalue weighted by Gasteiger charge is 2.31. The number of fused-ring (bicyclic) bond motifs is 1. The molecule has 1 amide bonds. The molecule has 1 saturated heterocycles. The van der Waals surface area contributed by atoms with Gasteiger partial charge >= 0.3 is 0 Å². The van der Waals surface area contributed by atoms with Crippen LogP contribution in [0.4, 0.5) is 0 Å². The predicted octanol–water partition coefficient (Wildman–Crippen LogP) is 4.69. The molecule has 1 aromatic carbocycles. The summed E-state index contributed by atoms with van der Waals surface area (Å²) in [5.41, 5.74) is 6.66. The van der Waals surface area contributed by atoms with Gasteiger partial charge < -0.3 is 14.4 Å². The largest absolute Gasteiger partial charge is 0.361 e. The number of amides is 1. The van der Waals surface area contributed by atoms with Crippen LogP contribution in [-0.4, -0.2) is 27.5 Å². The number of benzene rings is 1. The van der Waals surface area contributed by atoms with Crippen molar-refractivity contribution in [1.82, 2.24) is 15.0 Å². The van der Waals surface area contributed by atoms with E-state index in [4.69, 9.17) is 4.52 Å². The minimum absolute atomic E-state index is 0.0250. The maximum absolute atomic E-state index is 13.3. The molecule has 0 radical (unpaired) electrons. The molecule has 4 rings (SSSR count). The van der Waals surface area contributed by atoms with E-state index >= 15 is 0 Å². The van der Waals surface area contributed by atoms with Gasteiger partial charge in [0.2, 0.25) is 5.91 Å². The summed E-state index contributed by atoms with van der Waals surface area (Å²) in [4.78, 5) is 18.8. The number of aromatic amines is 1. The van der Waals surface area contributed by atoms with Crippen LogP contribution >= 0.6 is 0 Å². The number of carbonyl (C=O) groups excluding carboxylic acids is 1. The number of rotatable bonds is 3. The maximum atomic E-state index is 13.3. The van der Waals surface area contributed by atoms with Crippen molar-refractivity contribution >= 4 is 16.8 Å². The van der Waals surface area contributed by atoms with Crippen LogP contribution in [0.3, 0.4) is 0 Å². The van der Waals surface area contributed by atoms with Crippen molar-refractivity contribution in [2.45, 2.75) is 59.4 Å². The summed E-state index contributed by atoms with van der Waals surface area (Å²) in [6, 6.07) is 6.26. The fraction of sp³-hybridized carbons (Fsp3) is 0.455. The topological polar surface area (TPSA) is 62.1 Å². The first kappa shape index (κ1) is 17.8. The Bertz CT molecular complexity index is 999. The van der Waals surface area contributed by atoms with Gasteiger partial charge in [-0.3, -0.25) is 4.79 Å². The number of nitrogens with one attached hydrogen (secondary N) is 1. The molecule has 0 spiro atoms. The van der Waals surface area contributed by atoms with Gasteiger partial charge in [0.05, 0.1) is 12.5 Å². The molecule has 142 valence electrons. The zero-order chi connectivity index (χ0) is 19.1. The van der Waals surface area contributed by atoms with Crippen LogP contribution in [0.5, 0.6) is 0 Å². The normalized spacial score (nSPS) is 17.6. The standard InChI is InChI=1S/C22H27N3O2/c1-13-8-9-14(2)22-21(13)17(16(4)23-22)12-20(26)25-10-6-5-7-19(25)18-11-15(3)27-24-18/h8-9,11,19,23H,5-7,10,12H2,1-4H3/t19-/m1/s1. The molecule has 1 atom stereocenters. The molecule has 0 unspecified atom stereocenters. The van der Waals surface area contributed by atoms with E-state index in [-0.39, 0.29) is 11.9 Å². The molecule has 0 bridgehead atoms. The number of hydrogen-bond donors (Lipinski definition) is 1. The molecule has 2 aromatic heterocycles. The van der Waals surface area contributed by atoms with Crippen LogP contribution in [0, 0.1) is 27.7 Å². The fourth-order valence-corrected chi connectivity index (χ4v) is 4.37. The highest BCUT2D eigenvalue weighted by molar-refractivity contribution is 5.94. The molecular weight excluding hydrogens is 338 g/mol. The number of likely N-dealkylation sites (tertiary alicyclic amines) is 1. The monoisotopic (exact) mass is 365 g/mol. The summed E-state index contributed by atoms with van der Waals surface area (Å²) >= 11 is 0. The lowest BCUT2D eigenvalue weighted by Crippen LogP contribution is -2.39. The first-order chi connectivity index (χ1) is 13.0. The summed E-state index contributed by atoms with van der Waals surface area (Å²) < 4.78 is 5.26. The quantitative estimate of drug-likeness (QED) is 0.733. The van der Waals surface area contributed by atoms with E-state index in [2.05, 4.69) is 43.0 Å². The fourth-order valence-electron chi connectivity index (χ4n) is 4.37. The van der Waals surface area contributed by atoms with Gasteiger partial charge in [0.15, 0.2) is 0 Å². The van der Waals surface area contributed by atoms with Gasteiger partial charge in [0.1, 0.15) is 11.5 Å². The molecule has 0 saturated carbocycles. The van der Waals surface area contributed by atoms with Gasteiger partial charge in [-0.25, -0.2) is 0 Å². The Morgan fingerprint density at radius 2 is 2.00 bits per heavy atom. The SMILES string of the molecule is Cc1cc([C@H]2CCCCN2C(=O)Cc2c(C)[nH]c3c(C)ccc(C)c23)no1. The van der Waals surface area contributed by atoms with Crippen molar-refractivity contribution in [3.05, 3.63) is 52.0 Å². The third kappa shape index (κ3) is 3.15. The molecule has 27 heavy (non-hydrogen) atoms. The molecule has 3 heterocycles. The minimum atomic E-state index is 0.0250. The molecular formula is C22H27N3O2. The van der Waals surface area contributed by atoms with E-state index in [1.54, 1.807) is 0 Å². The Balaban J connectivity index is 1.66. The summed E-state index contributed by atoms with van der Waals surface area (Å²) in [7, 11) is 0. The summed E-state index contributed by atoms with van der Waals surface area (Å²) in [5, 5.41) is 5.39. The number of piperidine rings is 1. The van der Waals surface area contributed by atoms with Crippen molar-refractivity contribution in [3.63, 3.8) is 0 Å². The number of nitrogens with zero attached hydrogens (tertiary/aromatic N) is 2. The smallest absolute Gasteiger partial charge is 0.227 e. The first-order valence-corrected chi connectivity index (χ1v) is 9.75. The number of hydrogen-bond acceptors (Lipinski definition) is 3. The van der Waals surface area contributed by atoms with E-state index < -0.39 is 0 Å². The Morgan fingerprint density at radius 1 is 1.22 bits per heavy atom. The molecule has 5 heteroatoms. The second kappa shape index (κ2) is 6.87. The Labute approximate surface area is 159 Å². The van der Waals surface area contributed by atoms with E-state index in [1.807, 2.05) is 17.9 Å². The minimum Gasteiger partial charge on any atom is -0.361 e. The maximum Gasteiger partial charge on any atom is 0.227 e.